The van der Waals surface area contributed by atoms with Gasteiger partial charge >= 0.3 is 0 Å². The summed E-state index contributed by atoms with van der Waals surface area (Å²) < 4.78 is 6.89. The molecule has 0 fully saturated rings. The van der Waals surface area contributed by atoms with Gasteiger partial charge in [-0.2, -0.15) is 0 Å². The van der Waals surface area contributed by atoms with E-state index in [1.54, 1.807) is 37.5 Å². The largest absolute Gasteiger partial charge is 0.497 e. The quantitative estimate of drug-likeness (QED) is 0.744. The molecule has 0 radical (unpaired) electrons. The maximum atomic E-state index is 12.0. The maximum Gasteiger partial charge on any atom is 0.248 e. The zero-order chi connectivity index (χ0) is 16.2. The molecule has 3 rings (SSSR count). The third-order valence-electron chi connectivity index (χ3n) is 3.27. The third-order valence-corrected chi connectivity index (χ3v) is 3.55. The van der Waals surface area contributed by atoms with Crippen LogP contribution in [0.2, 0.25) is 5.15 Å². The zero-order valence-electron chi connectivity index (χ0n) is 12.4. The number of aromatic nitrogens is 2. The van der Waals surface area contributed by atoms with Gasteiger partial charge in [-0.15, -0.1) is 0 Å². The highest BCUT2D eigenvalue weighted by Crippen LogP contribution is 2.19. The van der Waals surface area contributed by atoms with Crippen molar-refractivity contribution in [1.82, 2.24) is 9.38 Å². The molecule has 1 amide bonds. The summed E-state index contributed by atoms with van der Waals surface area (Å²) in [5.41, 5.74) is 2.07. The summed E-state index contributed by atoms with van der Waals surface area (Å²) in [5, 5.41) is 3.12. The third kappa shape index (κ3) is 3.35. The van der Waals surface area contributed by atoms with Crippen molar-refractivity contribution in [2.75, 3.05) is 12.4 Å². The van der Waals surface area contributed by atoms with E-state index in [-0.39, 0.29) is 5.91 Å². The molecule has 0 aliphatic rings. The van der Waals surface area contributed by atoms with Crippen molar-refractivity contribution in [3.63, 3.8) is 0 Å². The number of pyridine rings is 1. The molecular formula is C17H14ClN3O2. The number of fused-ring (bicyclic) bond motifs is 1. The Balaban J connectivity index is 1.75. The molecule has 116 valence electrons. The highest BCUT2D eigenvalue weighted by atomic mass is 35.5. The first-order chi connectivity index (χ1) is 11.2. The number of carbonyl (C=O) groups excluding carboxylic acids is 1. The van der Waals surface area contributed by atoms with E-state index in [4.69, 9.17) is 16.3 Å². The SMILES string of the molecule is COc1ccc(NC(=O)C=Cc2c(Cl)nc3ccccn23)cc1. The van der Waals surface area contributed by atoms with Crippen LogP contribution < -0.4 is 10.1 Å². The van der Waals surface area contributed by atoms with Gasteiger partial charge in [-0.3, -0.25) is 9.20 Å². The van der Waals surface area contributed by atoms with E-state index in [0.717, 1.165) is 11.4 Å². The van der Waals surface area contributed by atoms with Crippen LogP contribution >= 0.6 is 11.6 Å². The predicted octanol–water partition coefficient (Wildman–Crippen LogP) is 3.65. The lowest BCUT2D eigenvalue weighted by Crippen LogP contribution is -2.07. The van der Waals surface area contributed by atoms with Gasteiger partial charge < -0.3 is 10.1 Å². The minimum absolute atomic E-state index is 0.253. The standard InChI is InChI=1S/C17H14ClN3O2/c1-23-13-7-5-12(6-8-13)19-16(22)10-9-14-17(18)20-15-4-2-3-11-21(14)15/h2-11H,1H3,(H,19,22). The van der Waals surface area contributed by atoms with Crippen molar-refractivity contribution in [3.05, 3.63) is 65.6 Å². The highest BCUT2D eigenvalue weighted by Gasteiger charge is 2.07. The summed E-state index contributed by atoms with van der Waals surface area (Å²) in [5.74, 6) is 0.480. The molecule has 0 spiro atoms. The number of rotatable bonds is 4. The average molecular weight is 328 g/mol. The number of methoxy groups -OCH3 is 1. The summed E-state index contributed by atoms with van der Waals surface area (Å²) in [7, 11) is 1.59. The Hall–Kier alpha value is -2.79. The molecule has 0 saturated carbocycles. The Bertz CT molecular complexity index is 869. The van der Waals surface area contributed by atoms with Crippen molar-refractivity contribution in [1.29, 1.82) is 0 Å². The van der Waals surface area contributed by atoms with Crippen molar-refractivity contribution in [3.8, 4) is 5.75 Å². The summed E-state index contributed by atoms with van der Waals surface area (Å²) in [6.45, 7) is 0. The van der Waals surface area contributed by atoms with Crippen molar-refractivity contribution >= 4 is 34.9 Å². The Kier molecular flexibility index (Phi) is 4.30. The van der Waals surface area contributed by atoms with Crippen LogP contribution in [0.5, 0.6) is 5.75 Å². The van der Waals surface area contributed by atoms with Crippen LogP contribution in [0, 0.1) is 0 Å². The summed E-state index contributed by atoms with van der Waals surface area (Å²) >= 11 is 6.12. The van der Waals surface area contributed by atoms with Gasteiger partial charge in [0.2, 0.25) is 5.91 Å². The van der Waals surface area contributed by atoms with Crippen LogP contribution in [-0.4, -0.2) is 22.4 Å². The van der Waals surface area contributed by atoms with E-state index in [2.05, 4.69) is 10.3 Å². The van der Waals surface area contributed by atoms with Gasteiger partial charge in [0.1, 0.15) is 11.4 Å². The average Bonchev–Trinajstić information content (AvgIpc) is 2.89. The molecule has 5 nitrogen and oxygen atoms in total. The molecule has 1 aromatic carbocycles. The fraction of sp³-hybridized carbons (Fsp3) is 0.0588. The first-order valence-electron chi connectivity index (χ1n) is 6.93. The second-order valence-corrected chi connectivity index (χ2v) is 5.13. The Labute approximate surface area is 138 Å². The van der Waals surface area contributed by atoms with Gasteiger partial charge in [0.05, 0.1) is 12.8 Å². The van der Waals surface area contributed by atoms with Crippen LogP contribution in [0.1, 0.15) is 5.69 Å². The Morgan fingerprint density at radius 3 is 2.78 bits per heavy atom. The molecule has 3 aromatic rings. The lowest BCUT2D eigenvalue weighted by atomic mass is 10.3. The van der Waals surface area contributed by atoms with Crippen LogP contribution in [-0.2, 0) is 4.79 Å². The molecule has 23 heavy (non-hydrogen) atoms. The first-order valence-corrected chi connectivity index (χ1v) is 7.31. The molecule has 0 unspecified atom stereocenters. The lowest BCUT2D eigenvalue weighted by Gasteiger charge is -2.03. The van der Waals surface area contributed by atoms with Gasteiger partial charge in [-0.25, -0.2) is 4.98 Å². The number of carbonyl (C=O) groups is 1. The predicted molar refractivity (Wildman–Crippen MR) is 90.9 cm³/mol. The minimum Gasteiger partial charge on any atom is -0.497 e. The fourth-order valence-corrected chi connectivity index (χ4v) is 2.39. The van der Waals surface area contributed by atoms with E-state index in [1.165, 1.54) is 6.08 Å². The van der Waals surface area contributed by atoms with Crippen LogP contribution in [0.3, 0.4) is 0 Å². The van der Waals surface area contributed by atoms with Crippen LogP contribution in [0.25, 0.3) is 11.7 Å². The second-order valence-electron chi connectivity index (χ2n) is 4.77. The van der Waals surface area contributed by atoms with E-state index in [1.807, 2.05) is 28.8 Å². The number of amides is 1. The van der Waals surface area contributed by atoms with E-state index in [0.29, 0.717) is 16.5 Å². The number of nitrogens with one attached hydrogen (secondary N) is 1. The second kappa shape index (κ2) is 6.54. The van der Waals surface area contributed by atoms with E-state index >= 15 is 0 Å². The zero-order valence-corrected chi connectivity index (χ0v) is 13.1. The molecule has 2 heterocycles. The van der Waals surface area contributed by atoms with Crippen LogP contribution in [0.15, 0.2) is 54.7 Å². The first kappa shape index (κ1) is 15.1. The molecular weight excluding hydrogens is 314 g/mol. The van der Waals surface area contributed by atoms with Crippen molar-refractivity contribution < 1.29 is 9.53 Å². The molecule has 0 bridgehead atoms. The van der Waals surface area contributed by atoms with Gasteiger partial charge in [0, 0.05) is 18.0 Å². The number of hydrogen-bond donors (Lipinski definition) is 1. The topological polar surface area (TPSA) is 55.6 Å². The number of halogens is 1. The molecule has 0 atom stereocenters. The number of imidazole rings is 1. The molecule has 2 aromatic heterocycles. The van der Waals surface area contributed by atoms with E-state index < -0.39 is 0 Å². The van der Waals surface area contributed by atoms with Crippen molar-refractivity contribution in [2.45, 2.75) is 0 Å². The smallest absolute Gasteiger partial charge is 0.248 e. The molecule has 0 aliphatic carbocycles. The number of hydrogen-bond acceptors (Lipinski definition) is 3. The number of benzene rings is 1. The maximum absolute atomic E-state index is 12.0. The number of ether oxygens (including phenoxy) is 1. The molecule has 0 aliphatic heterocycles. The molecule has 1 N–H and O–H groups in total. The van der Waals surface area contributed by atoms with E-state index in [9.17, 15) is 4.79 Å². The summed E-state index contributed by atoms with van der Waals surface area (Å²) in [4.78, 5) is 16.2. The van der Waals surface area contributed by atoms with Gasteiger partial charge in [-0.05, 0) is 42.5 Å². The fourth-order valence-electron chi connectivity index (χ4n) is 2.15. The summed E-state index contributed by atoms with van der Waals surface area (Å²) in [6.07, 6.45) is 4.91. The number of anilines is 1. The number of nitrogens with zero attached hydrogens (tertiary/aromatic N) is 2. The Morgan fingerprint density at radius 1 is 1.26 bits per heavy atom. The monoisotopic (exact) mass is 327 g/mol. The highest BCUT2D eigenvalue weighted by molar-refractivity contribution is 6.31. The van der Waals surface area contributed by atoms with Gasteiger partial charge in [-0.1, -0.05) is 17.7 Å². The normalized spacial score (nSPS) is 11.0. The minimum atomic E-state index is -0.253. The molecule has 0 saturated heterocycles. The van der Waals surface area contributed by atoms with Gasteiger partial charge in [0.25, 0.3) is 0 Å². The Morgan fingerprint density at radius 2 is 2.04 bits per heavy atom. The van der Waals surface area contributed by atoms with Crippen LogP contribution in [0.4, 0.5) is 5.69 Å². The van der Waals surface area contributed by atoms with Crippen molar-refractivity contribution in [2.24, 2.45) is 0 Å². The molecule has 6 heteroatoms. The summed E-state index contributed by atoms with van der Waals surface area (Å²) in [6, 6.07) is 12.7. The van der Waals surface area contributed by atoms with Gasteiger partial charge in [0.15, 0.2) is 5.15 Å². The lowest BCUT2D eigenvalue weighted by molar-refractivity contribution is -0.111.